The quantitative estimate of drug-likeness (QED) is 0.562. The van der Waals surface area contributed by atoms with Crippen molar-refractivity contribution >= 4 is 11.9 Å². The molecular formula is C22H26N2O8. The van der Waals surface area contributed by atoms with Crippen LogP contribution >= 0.6 is 0 Å². The summed E-state index contributed by atoms with van der Waals surface area (Å²) in [6.07, 6.45) is -0.381. The highest BCUT2D eigenvalue weighted by Gasteiger charge is 2.40. The fraction of sp³-hybridized carbons (Fsp3) is 0.409. The van der Waals surface area contributed by atoms with E-state index in [2.05, 4.69) is 0 Å². The molecule has 1 aromatic rings. The number of rotatable bonds is 9. The summed E-state index contributed by atoms with van der Waals surface area (Å²) >= 11 is 0. The number of benzene rings is 1. The Hall–Kier alpha value is -3.87. The van der Waals surface area contributed by atoms with Gasteiger partial charge in [0, 0.05) is 11.6 Å². The van der Waals surface area contributed by atoms with Crippen LogP contribution in [0, 0.1) is 11.3 Å². The third-order valence-electron chi connectivity index (χ3n) is 4.65. The van der Waals surface area contributed by atoms with Crippen molar-refractivity contribution in [1.29, 1.82) is 5.26 Å². The second kappa shape index (κ2) is 10.9. The number of carbonyl (C=O) groups is 2. The summed E-state index contributed by atoms with van der Waals surface area (Å²) in [5, 5.41) is 9.83. The first-order valence-corrected chi connectivity index (χ1v) is 9.79. The van der Waals surface area contributed by atoms with Crippen molar-refractivity contribution < 1.29 is 38.0 Å². The largest absolute Gasteiger partial charge is 0.496 e. The lowest BCUT2D eigenvalue weighted by Gasteiger charge is -2.29. The first kappa shape index (κ1) is 24.4. The number of ether oxygens (including phenoxy) is 6. The fourth-order valence-corrected chi connectivity index (χ4v) is 3.31. The van der Waals surface area contributed by atoms with E-state index in [1.807, 2.05) is 6.07 Å². The molecule has 0 bridgehead atoms. The zero-order valence-corrected chi connectivity index (χ0v) is 18.6. The van der Waals surface area contributed by atoms with E-state index in [4.69, 9.17) is 34.2 Å². The van der Waals surface area contributed by atoms with Crippen molar-refractivity contribution in [1.82, 2.24) is 0 Å². The fourth-order valence-electron chi connectivity index (χ4n) is 3.31. The summed E-state index contributed by atoms with van der Waals surface area (Å²) in [4.78, 5) is 25.2. The molecule has 1 aromatic carbocycles. The maximum Gasteiger partial charge on any atom is 0.338 e. The molecule has 32 heavy (non-hydrogen) atoms. The summed E-state index contributed by atoms with van der Waals surface area (Å²) < 4.78 is 31.9. The van der Waals surface area contributed by atoms with Gasteiger partial charge >= 0.3 is 11.9 Å². The average molecular weight is 446 g/mol. The van der Waals surface area contributed by atoms with Crippen LogP contribution in [-0.2, 0) is 23.8 Å². The minimum absolute atomic E-state index is 0.0498. The molecule has 10 heteroatoms. The van der Waals surface area contributed by atoms with Gasteiger partial charge in [0.25, 0.3) is 0 Å². The number of esters is 2. The van der Waals surface area contributed by atoms with E-state index in [1.165, 1.54) is 21.3 Å². The van der Waals surface area contributed by atoms with Crippen molar-refractivity contribution in [3.05, 3.63) is 40.5 Å². The highest BCUT2D eigenvalue weighted by molar-refractivity contribution is 5.94. The minimum Gasteiger partial charge on any atom is -0.496 e. The van der Waals surface area contributed by atoms with Crippen LogP contribution in [-0.4, -0.2) is 46.5 Å². The Morgan fingerprint density at radius 2 is 1.62 bits per heavy atom. The molecule has 0 fully saturated rings. The topological polar surface area (TPSA) is 139 Å². The van der Waals surface area contributed by atoms with Gasteiger partial charge < -0.3 is 34.2 Å². The molecule has 2 rings (SSSR count). The highest BCUT2D eigenvalue weighted by atomic mass is 16.5. The summed E-state index contributed by atoms with van der Waals surface area (Å²) in [7, 11) is 4.34. The van der Waals surface area contributed by atoms with Gasteiger partial charge in [-0.1, -0.05) is 0 Å². The van der Waals surface area contributed by atoms with E-state index in [0.29, 0.717) is 22.8 Å². The average Bonchev–Trinajstić information content (AvgIpc) is 2.77. The molecule has 172 valence electrons. The number of hydrogen-bond acceptors (Lipinski definition) is 10. The Bertz CT molecular complexity index is 990. The molecule has 0 amide bonds. The zero-order chi connectivity index (χ0) is 23.8. The van der Waals surface area contributed by atoms with Gasteiger partial charge in [0.2, 0.25) is 5.88 Å². The van der Waals surface area contributed by atoms with E-state index in [-0.39, 0.29) is 42.4 Å². The third kappa shape index (κ3) is 4.88. The van der Waals surface area contributed by atoms with Crippen LogP contribution in [0.4, 0.5) is 0 Å². The second-order valence-electron chi connectivity index (χ2n) is 6.41. The van der Waals surface area contributed by atoms with E-state index in [0.717, 1.165) is 0 Å². The van der Waals surface area contributed by atoms with Gasteiger partial charge in [-0.3, -0.25) is 4.79 Å². The van der Waals surface area contributed by atoms with E-state index in [9.17, 15) is 14.9 Å². The van der Waals surface area contributed by atoms with Gasteiger partial charge in [0.15, 0.2) is 11.5 Å². The molecule has 1 heterocycles. The van der Waals surface area contributed by atoms with Crippen molar-refractivity contribution in [2.45, 2.75) is 26.2 Å². The van der Waals surface area contributed by atoms with E-state index in [1.54, 1.807) is 26.0 Å². The van der Waals surface area contributed by atoms with Crippen molar-refractivity contribution in [2.75, 3.05) is 34.5 Å². The maximum absolute atomic E-state index is 13.0. The molecule has 1 atom stereocenters. The van der Waals surface area contributed by atoms with Gasteiger partial charge in [-0.15, -0.1) is 0 Å². The molecule has 1 aliphatic rings. The SMILES string of the molecule is CCOC(=O)CC1=C(C(=O)OCC)[C@@H](c2cc(OC)c(OC)cc2OC)C(C#N)=C(N)O1. The molecule has 0 aromatic heterocycles. The van der Waals surface area contributed by atoms with Crippen LogP contribution in [0.15, 0.2) is 34.9 Å². The monoisotopic (exact) mass is 446 g/mol. The molecule has 0 spiro atoms. The van der Waals surface area contributed by atoms with Gasteiger partial charge in [-0.05, 0) is 19.9 Å². The summed E-state index contributed by atoms with van der Waals surface area (Å²) in [5.74, 6) is -1.75. The van der Waals surface area contributed by atoms with Crippen molar-refractivity contribution in [3.8, 4) is 23.3 Å². The Morgan fingerprint density at radius 1 is 1.03 bits per heavy atom. The first-order valence-electron chi connectivity index (χ1n) is 9.79. The smallest absolute Gasteiger partial charge is 0.338 e. The van der Waals surface area contributed by atoms with Gasteiger partial charge in [0.05, 0.1) is 46.0 Å². The van der Waals surface area contributed by atoms with Crippen LogP contribution in [0.1, 0.15) is 31.7 Å². The van der Waals surface area contributed by atoms with Crippen molar-refractivity contribution in [2.24, 2.45) is 5.73 Å². The predicted molar refractivity (Wildman–Crippen MR) is 112 cm³/mol. The lowest BCUT2D eigenvalue weighted by Crippen LogP contribution is -2.27. The second-order valence-corrected chi connectivity index (χ2v) is 6.41. The lowest BCUT2D eigenvalue weighted by molar-refractivity contribution is -0.143. The molecule has 0 aliphatic carbocycles. The zero-order valence-electron chi connectivity index (χ0n) is 18.6. The van der Waals surface area contributed by atoms with Crippen LogP contribution in [0.25, 0.3) is 0 Å². The number of allylic oxidation sites excluding steroid dienone is 1. The minimum atomic E-state index is -1.05. The first-order chi connectivity index (χ1) is 15.4. The molecule has 1 aliphatic heterocycles. The Labute approximate surface area is 186 Å². The number of carbonyl (C=O) groups excluding carboxylic acids is 2. The Balaban J connectivity index is 2.82. The molecule has 0 radical (unpaired) electrons. The molecular weight excluding hydrogens is 420 g/mol. The van der Waals surface area contributed by atoms with Gasteiger partial charge in [-0.2, -0.15) is 5.26 Å². The van der Waals surface area contributed by atoms with Crippen LogP contribution in [0.3, 0.4) is 0 Å². The standard InChI is InChI=1S/C22H26N2O8/c1-6-30-18(25)10-17-20(22(26)31-7-2)19(13(11-23)21(24)32-17)12-8-15(28-4)16(29-5)9-14(12)27-3/h8-9,19H,6-7,10,24H2,1-5H3/t19-/m0/s1. The Kier molecular flexibility index (Phi) is 8.35. The normalized spacial score (nSPS) is 15.4. The van der Waals surface area contributed by atoms with Gasteiger partial charge in [0.1, 0.15) is 29.6 Å². The number of hydrogen-bond donors (Lipinski definition) is 1. The van der Waals surface area contributed by atoms with Crippen LogP contribution in [0.5, 0.6) is 17.2 Å². The molecule has 2 N–H and O–H groups in total. The molecule has 0 saturated heterocycles. The number of nitrogens with zero attached hydrogens (tertiary/aromatic N) is 1. The number of nitrogens with two attached hydrogens (primary N) is 1. The van der Waals surface area contributed by atoms with Gasteiger partial charge in [-0.25, -0.2) is 4.79 Å². The number of nitriles is 1. The molecule has 10 nitrogen and oxygen atoms in total. The van der Waals surface area contributed by atoms with E-state index < -0.39 is 17.9 Å². The van der Waals surface area contributed by atoms with Crippen LogP contribution in [0.2, 0.25) is 0 Å². The summed E-state index contributed by atoms with van der Waals surface area (Å²) in [5.41, 5.74) is 6.28. The van der Waals surface area contributed by atoms with Crippen LogP contribution < -0.4 is 19.9 Å². The maximum atomic E-state index is 13.0. The third-order valence-corrected chi connectivity index (χ3v) is 4.65. The lowest BCUT2D eigenvalue weighted by atomic mass is 9.81. The summed E-state index contributed by atoms with van der Waals surface area (Å²) in [6.45, 7) is 3.49. The molecule has 0 unspecified atom stereocenters. The van der Waals surface area contributed by atoms with E-state index >= 15 is 0 Å². The Morgan fingerprint density at radius 3 is 2.16 bits per heavy atom. The molecule has 0 saturated carbocycles. The predicted octanol–water partition coefficient (Wildman–Crippen LogP) is 2.29. The summed E-state index contributed by atoms with van der Waals surface area (Å²) in [6, 6.07) is 5.12. The number of methoxy groups -OCH3 is 3. The van der Waals surface area contributed by atoms with Crippen molar-refractivity contribution in [3.63, 3.8) is 0 Å². The highest BCUT2D eigenvalue weighted by Crippen LogP contribution is 2.47.